The molecule has 0 saturated heterocycles. The number of nitrogens with zero attached hydrogens (tertiary/aromatic N) is 1. The molecular weight excluding hydrogens is 584 g/mol. The lowest BCUT2D eigenvalue weighted by Gasteiger charge is -2.19. The number of aromatic carboxylic acids is 1. The highest BCUT2D eigenvalue weighted by molar-refractivity contribution is 6.08. The van der Waals surface area contributed by atoms with Crippen molar-refractivity contribution in [2.45, 2.75) is 33.1 Å². The summed E-state index contributed by atoms with van der Waals surface area (Å²) in [5.41, 5.74) is 4.27. The Kier molecular flexibility index (Phi) is 10.5. The van der Waals surface area contributed by atoms with Gasteiger partial charge in [-0.3, -0.25) is 19.3 Å². The summed E-state index contributed by atoms with van der Waals surface area (Å²) < 4.78 is 5.66. The van der Waals surface area contributed by atoms with Crippen molar-refractivity contribution < 1.29 is 34.1 Å². The van der Waals surface area contributed by atoms with E-state index in [1.54, 1.807) is 32.1 Å². The van der Waals surface area contributed by atoms with E-state index in [0.717, 1.165) is 11.3 Å². The number of nitrogens with one attached hydrogen (secondary N) is 1. The Morgan fingerprint density at radius 1 is 1.00 bits per heavy atom. The largest absolute Gasteiger partial charge is 0.508 e. The van der Waals surface area contributed by atoms with Gasteiger partial charge in [-0.15, -0.1) is 0 Å². The molecule has 1 aliphatic heterocycles. The van der Waals surface area contributed by atoms with Crippen LogP contribution in [0.3, 0.4) is 0 Å². The molecule has 0 saturated carbocycles. The highest BCUT2D eigenvalue weighted by Gasteiger charge is 2.23. The van der Waals surface area contributed by atoms with E-state index in [4.69, 9.17) is 4.74 Å². The molecule has 46 heavy (non-hydrogen) atoms. The SMILES string of the molecule is C=C(C)/C(=C1/C=CC(=O)C=C1O/C=C/C(O)=C\C)c1ccc(NC(=O)CCCc2ccc(N3C(=C)C=CC3=O)cc2)cc1C(=O)O. The molecule has 9 heteroatoms. The first-order valence-corrected chi connectivity index (χ1v) is 14.5. The fourth-order valence-electron chi connectivity index (χ4n) is 4.94. The summed E-state index contributed by atoms with van der Waals surface area (Å²) >= 11 is 0. The number of amides is 2. The number of anilines is 2. The van der Waals surface area contributed by atoms with Crippen LogP contribution < -0.4 is 10.2 Å². The van der Waals surface area contributed by atoms with Gasteiger partial charge in [0.05, 0.1) is 11.8 Å². The molecule has 0 fully saturated rings. The molecule has 9 nitrogen and oxygen atoms in total. The maximum Gasteiger partial charge on any atom is 0.336 e. The number of carboxylic acid groups (broad SMARTS) is 1. The molecule has 0 aromatic heterocycles. The first-order valence-electron chi connectivity index (χ1n) is 14.5. The van der Waals surface area contributed by atoms with Crippen molar-refractivity contribution in [3.05, 3.63) is 149 Å². The summed E-state index contributed by atoms with van der Waals surface area (Å²) in [5.74, 6) is -1.84. The third-order valence-electron chi connectivity index (χ3n) is 7.17. The minimum absolute atomic E-state index is 0.0371. The van der Waals surface area contributed by atoms with Gasteiger partial charge in [0.15, 0.2) is 5.78 Å². The Hall–Kier alpha value is -5.96. The summed E-state index contributed by atoms with van der Waals surface area (Å²) in [5, 5.41) is 22.6. The van der Waals surface area contributed by atoms with Gasteiger partial charge in [0.2, 0.25) is 5.91 Å². The van der Waals surface area contributed by atoms with E-state index < -0.39 is 5.97 Å². The van der Waals surface area contributed by atoms with Crippen LogP contribution in [-0.4, -0.2) is 33.8 Å². The molecule has 234 valence electrons. The Morgan fingerprint density at radius 3 is 2.37 bits per heavy atom. The Bertz CT molecular complexity index is 1780. The van der Waals surface area contributed by atoms with E-state index in [0.29, 0.717) is 46.5 Å². The van der Waals surface area contributed by atoms with Crippen molar-refractivity contribution in [3.8, 4) is 0 Å². The lowest BCUT2D eigenvalue weighted by atomic mass is 9.88. The second-order valence-electron chi connectivity index (χ2n) is 10.6. The normalized spacial score (nSPS) is 15.8. The van der Waals surface area contributed by atoms with Gasteiger partial charge in [0, 0.05) is 47.3 Å². The number of rotatable bonds is 12. The van der Waals surface area contributed by atoms with E-state index >= 15 is 0 Å². The van der Waals surface area contributed by atoms with Crippen molar-refractivity contribution in [2.24, 2.45) is 0 Å². The zero-order valence-corrected chi connectivity index (χ0v) is 25.6. The van der Waals surface area contributed by atoms with E-state index in [1.165, 1.54) is 53.7 Å². The van der Waals surface area contributed by atoms with Gasteiger partial charge in [-0.25, -0.2) is 4.79 Å². The molecule has 1 heterocycles. The predicted molar refractivity (Wildman–Crippen MR) is 178 cm³/mol. The van der Waals surface area contributed by atoms with Gasteiger partial charge in [0.25, 0.3) is 5.91 Å². The molecule has 3 N–H and O–H groups in total. The monoisotopic (exact) mass is 618 g/mol. The third kappa shape index (κ3) is 7.95. The molecule has 0 atom stereocenters. The number of carbonyl (C=O) groups is 4. The zero-order valence-electron chi connectivity index (χ0n) is 25.6. The van der Waals surface area contributed by atoms with Crippen LogP contribution in [0.5, 0.6) is 0 Å². The molecule has 2 amide bonds. The van der Waals surface area contributed by atoms with Gasteiger partial charge in [-0.1, -0.05) is 31.4 Å². The minimum Gasteiger partial charge on any atom is -0.508 e. The average molecular weight is 619 g/mol. The minimum atomic E-state index is -1.22. The van der Waals surface area contributed by atoms with E-state index in [2.05, 4.69) is 18.5 Å². The number of aryl methyl sites for hydroxylation is 1. The van der Waals surface area contributed by atoms with Crippen LogP contribution in [0, 0.1) is 0 Å². The molecule has 2 aromatic rings. The molecular formula is C37H34N2O7. The standard InChI is InChI=1S/C37H34N2O7/c1-5-28(40)19-20-46-33-22-29(41)15-17-31(33)36(23(2)3)30-16-12-26(21-32(30)37(44)45)38-34(42)8-6-7-25-10-13-27(14-11-25)39-24(4)9-18-35(39)43/h5,9-22,40H,2,4,6-8H2,1,3H3,(H,38,42)(H,44,45)/b20-19+,28-5+,36-31+. The second-order valence-corrected chi connectivity index (χ2v) is 10.6. The number of hydrogen-bond donors (Lipinski definition) is 3. The second kappa shape index (κ2) is 14.7. The molecule has 0 radical (unpaired) electrons. The quantitative estimate of drug-likeness (QED) is 0.171. The number of carboxylic acids is 1. The van der Waals surface area contributed by atoms with Gasteiger partial charge in [-0.05, 0) is 97.5 Å². The summed E-state index contributed by atoms with van der Waals surface area (Å²) in [6.45, 7) is 11.3. The summed E-state index contributed by atoms with van der Waals surface area (Å²) in [7, 11) is 0. The number of ether oxygens (including phenoxy) is 1. The first kappa shape index (κ1) is 32.9. The highest BCUT2D eigenvalue weighted by atomic mass is 16.5. The Balaban J connectivity index is 1.48. The number of benzene rings is 2. The predicted octanol–water partition coefficient (Wildman–Crippen LogP) is 7.11. The topological polar surface area (TPSA) is 133 Å². The smallest absolute Gasteiger partial charge is 0.336 e. The van der Waals surface area contributed by atoms with Gasteiger partial charge in [-0.2, -0.15) is 0 Å². The molecule has 2 aromatic carbocycles. The molecule has 2 aliphatic rings. The van der Waals surface area contributed by atoms with Crippen molar-refractivity contribution >= 4 is 40.5 Å². The number of aliphatic hydroxyl groups is 1. The molecule has 0 spiro atoms. The maximum atomic E-state index is 12.8. The van der Waals surface area contributed by atoms with Crippen LogP contribution in [0.15, 0.2) is 133 Å². The van der Waals surface area contributed by atoms with Crippen molar-refractivity contribution in [1.82, 2.24) is 0 Å². The lowest BCUT2D eigenvalue weighted by molar-refractivity contribution is -0.116. The highest BCUT2D eigenvalue weighted by Crippen LogP contribution is 2.35. The Morgan fingerprint density at radius 2 is 1.74 bits per heavy atom. The van der Waals surface area contributed by atoms with E-state index in [9.17, 15) is 29.4 Å². The van der Waals surface area contributed by atoms with Crippen molar-refractivity contribution in [2.75, 3.05) is 10.2 Å². The number of hydrogen-bond acceptors (Lipinski definition) is 6. The van der Waals surface area contributed by atoms with Crippen LogP contribution in [0.4, 0.5) is 11.4 Å². The third-order valence-corrected chi connectivity index (χ3v) is 7.17. The van der Waals surface area contributed by atoms with Gasteiger partial charge < -0.3 is 20.3 Å². The first-order chi connectivity index (χ1) is 22.0. The number of allylic oxidation sites excluding steroid dienone is 8. The fourth-order valence-corrected chi connectivity index (χ4v) is 4.94. The molecule has 0 bridgehead atoms. The molecule has 4 rings (SSSR count). The van der Waals surface area contributed by atoms with Crippen LogP contribution in [0.25, 0.3) is 5.57 Å². The number of aliphatic hydroxyl groups excluding tert-OH is 1. The average Bonchev–Trinajstić information content (AvgIpc) is 3.36. The van der Waals surface area contributed by atoms with Crippen LogP contribution in [0.1, 0.15) is 48.2 Å². The van der Waals surface area contributed by atoms with Crippen molar-refractivity contribution in [3.63, 3.8) is 0 Å². The lowest BCUT2D eigenvalue weighted by Crippen LogP contribution is -2.22. The van der Waals surface area contributed by atoms with E-state index in [-0.39, 0.29) is 41.1 Å². The van der Waals surface area contributed by atoms with Crippen LogP contribution in [-0.2, 0) is 25.5 Å². The summed E-state index contributed by atoms with van der Waals surface area (Å²) in [6, 6.07) is 12.1. The number of carbonyl (C=O) groups excluding carboxylic acids is 3. The van der Waals surface area contributed by atoms with Crippen molar-refractivity contribution in [1.29, 1.82) is 0 Å². The summed E-state index contributed by atoms with van der Waals surface area (Å²) in [4.78, 5) is 50.9. The van der Waals surface area contributed by atoms with E-state index in [1.807, 2.05) is 24.3 Å². The fraction of sp³-hybridized carbons (Fsp3) is 0.135. The van der Waals surface area contributed by atoms with Crippen LogP contribution >= 0.6 is 0 Å². The molecule has 0 unspecified atom stereocenters. The maximum absolute atomic E-state index is 12.8. The van der Waals surface area contributed by atoms with Crippen LogP contribution in [0.2, 0.25) is 0 Å². The zero-order chi connectivity index (χ0) is 33.4. The number of ketones is 1. The van der Waals surface area contributed by atoms with Gasteiger partial charge >= 0.3 is 5.97 Å². The molecule has 1 aliphatic carbocycles. The van der Waals surface area contributed by atoms with Gasteiger partial charge in [0.1, 0.15) is 11.5 Å². The Labute approximate surface area is 267 Å². The summed E-state index contributed by atoms with van der Waals surface area (Å²) in [6.07, 6.45) is 12.7.